The number of hydrogen-bond donors (Lipinski definition) is 1. The van der Waals surface area contributed by atoms with Gasteiger partial charge >= 0.3 is 5.97 Å². The number of benzene rings is 1. The lowest BCUT2D eigenvalue weighted by molar-refractivity contribution is -0.144. The van der Waals surface area contributed by atoms with Crippen LogP contribution in [0.2, 0.25) is 0 Å². The SMILES string of the molecule is C#CCCC1(C(=O)O)CCCc2ccccc21. The van der Waals surface area contributed by atoms with Gasteiger partial charge in [0.05, 0.1) is 5.41 Å². The minimum atomic E-state index is -0.763. The predicted octanol–water partition coefficient (Wildman–Crippen LogP) is 2.76. The topological polar surface area (TPSA) is 37.3 Å². The highest BCUT2D eigenvalue weighted by atomic mass is 16.4. The van der Waals surface area contributed by atoms with Crippen molar-refractivity contribution in [1.29, 1.82) is 0 Å². The van der Waals surface area contributed by atoms with E-state index in [1.807, 2.05) is 24.3 Å². The first kappa shape index (κ1) is 11.7. The van der Waals surface area contributed by atoms with Gasteiger partial charge < -0.3 is 5.11 Å². The van der Waals surface area contributed by atoms with Crippen molar-refractivity contribution in [3.8, 4) is 12.3 Å². The molecule has 17 heavy (non-hydrogen) atoms. The van der Waals surface area contributed by atoms with Gasteiger partial charge in [-0.2, -0.15) is 0 Å². The molecular formula is C15H16O2. The third-order valence-electron chi connectivity index (χ3n) is 3.69. The molecule has 1 atom stereocenters. The van der Waals surface area contributed by atoms with Gasteiger partial charge in [-0.25, -0.2) is 0 Å². The first-order chi connectivity index (χ1) is 8.20. The van der Waals surface area contributed by atoms with E-state index in [1.54, 1.807) is 0 Å². The van der Waals surface area contributed by atoms with E-state index in [0.717, 1.165) is 24.0 Å². The molecule has 1 aromatic rings. The number of carboxylic acids is 1. The van der Waals surface area contributed by atoms with Gasteiger partial charge in [0.25, 0.3) is 0 Å². The van der Waals surface area contributed by atoms with Gasteiger partial charge in [-0.1, -0.05) is 24.3 Å². The van der Waals surface area contributed by atoms with E-state index in [-0.39, 0.29) is 0 Å². The molecule has 0 heterocycles. The quantitative estimate of drug-likeness (QED) is 0.808. The van der Waals surface area contributed by atoms with Crippen LogP contribution in [-0.2, 0) is 16.6 Å². The van der Waals surface area contributed by atoms with Gasteiger partial charge in [0.2, 0.25) is 0 Å². The number of carbonyl (C=O) groups is 1. The van der Waals surface area contributed by atoms with Crippen LogP contribution < -0.4 is 0 Å². The molecule has 2 heteroatoms. The predicted molar refractivity (Wildman–Crippen MR) is 66.8 cm³/mol. The number of fused-ring (bicyclic) bond motifs is 1. The van der Waals surface area contributed by atoms with Gasteiger partial charge in [-0.3, -0.25) is 4.79 Å². The van der Waals surface area contributed by atoms with E-state index in [1.165, 1.54) is 0 Å². The van der Waals surface area contributed by atoms with Crippen LogP contribution in [-0.4, -0.2) is 11.1 Å². The number of carboxylic acid groups (broad SMARTS) is 1. The number of aryl methyl sites for hydroxylation is 1. The molecule has 0 aliphatic heterocycles. The number of aliphatic carboxylic acids is 1. The molecule has 1 aliphatic rings. The van der Waals surface area contributed by atoms with Gasteiger partial charge in [-0.15, -0.1) is 12.3 Å². The second kappa shape index (κ2) is 4.63. The average Bonchev–Trinajstić information content (AvgIpc) is 2.36. The van der Waals surface area contributed by atoms with Gasteiger partial charge in [0, 0.05) is 6.42 Å². The van der Waals surface area contributed by atoms with Crippen molar-refractivity contribution in [2.24, 2.45) is 0 Å². The summed E-state index contributed by atoms with van der Waals surface area (Å²) in [5.74, 6) is 1.83. The fraction of sp³-hybridized carbons (Fsp3) is 0.400. The molecule has 0 radical (unpaired) electrons. The molecule has 2 nitrogen and oxygen atoms in total. The van der Waals surface area contributed by atoms with Gasteiger partial charge in [-0.05, 0) is 36.8 Å². The third-order valence-corrected chi connectivity index (χ3v) is 3.69. The molecule has 2 rings (SSSR count). The van der Waals surface area contributed by atoms with Crippen LogP contribution in [0.3, 0.4) is 0 Å². The summed E-state index contributed by atoms with van der Waals surface area (Å²) < 4.78 is 0. The number of terminal acetylenes is 1. The molecule has 0 fully saturated rings. The van der Waals surface area contributed by atoms with Crippen molar-refractivity contribution >= 4 is 5.97 Å². The minimum absolute atomic E-state index is 0.515. The highest BCUT2D eigenvalue weighted by Gasteiger charge is 2.42. The summed E-state index contributed by atoms with van der Waals surface area (Å²) in [6, 6.07) is 7.86. The Labute approximate surface area is 102 Å². The van der Waals surface area contributed by atoms with Gasteiger partial charge in [0.15, 0.2) is 0 Å². The first-order valence-electron chi connectivity index (χ1n) is 5.96. The second-order valence-electron chi connectivity index (χ2n) is 4.60. The van der Waals surface area contributed by atoms with Crippen LogP contribution in [0.5, 0.6) is 0 Å². The Morgan fingerprint density at radius 2 is 2.24 bits per heavy atom. The Morgan fingerprint density at radius 3 is 2.94 bits per heavy atom. The Balaban J connectivity index is 2.48. The maximum Gasteiger partial charge on any atom is 0.314 e. The zero-order valence-electron chi connectivity index (χ0n) is 9.78. The second-order valence-corrected chi connectivity index (χ2v) is 4.60. The summed E-state index contributed by atoms with van der Waals surface area (Å²) in [5, 5.41) is 9.59. The molecule has 0 saturated heterocycles. The molecular weight excluding hydrogens is 212 g/mol. The monoisotopic (exact) mass is 228 g/mol. The van der Waals surface area contributed by atoms with Crippen molar-refractivity contribution in [3.05, 3.63) is 35.4 Å². The summed E-state index contributed by atoms with van der Waals surface area (Å²) >= 11 is 0. The van der Waals surface area contributed by atoms with Gasteiger partial charge in [0.1, 0.15) is 0 Å². The normalized spacial score (nSPS) is 22.5. The maximum absolute atomic E-state index is 11.7. The van der Waals surface area contributed by atoms with Crippen LogP contribution in [0.4, 0.5) is 0 Å². The fourth-order valence-corrected chi connectivity index (χ4v) is 2.79. The summed E-state index contributed by atoms with van der Waals surface area (Å²) in [4.78, 5) is 11.7. The summed E-state index contributed by atoms with van der Waals surface area (Å²) in [5.41, 5.74) is 1.37. The molecule has 88 valence electrons. The zero-order chi connectivity index (χ0) is 12.3. The van der Waals surface area contributed by atoms with Crippen LogP contribution in [0.15, 0.2) is 24.3 Å². The van der Waals surface area contributed by atoms with E-state index in [4.69, 9.17) is 6.42 Å². The van der Waals surface area contributed by atoms with E-state index in [2.05, 4.69) is 5.92 Å². The largest absolute Gasteiger partial charge is 0.481 e. The molecule has 1 unspecified atom stereocenters. The van der Waals surface area contributed by atoms with E-state index in [9.17, 15) is 9.90 Å². The van der Waals surface area contributed by atoms with Crippen molar-refractivity contribution in [2.45, 2.75) is 37.5 Å². The highest BCUT2D eigenvalue weighted by Crippen LogP contribution is 2.41. The first-order valence-corrected chi connectivity index (χ1v) is 5.96. The molecule has 0 bridgehead atoms. The van der Waals surface area contributed by atoms with E-state index < -0.39 is 11.4 Å². The Bertz CT molecular complexity index is 470. The molecule has 1 aromatic carbocycles. The van der Waals surface area contributed by atoms with Crippen LogP contribution in [0, 0.1) is 12.3 Å². The van der Waals surface area contributed by atoms with Crippen LogP contribution in [0.1, 0.15) is 36.8 Å². The molecule has 0 saturated carbocycles. The summed E-state index contributed by atoms with van der Waals surface area (Å²) in [7, 11) is 0. The molecule has 0 amide bonds. The molecule has 0 aromatic heterocycles. The Kier molecular flexibility index (Phi) is 3.19. The average molecular weight is 228 g/mol. The molecule has 1 N–H and O–H groups in total. The summed E-state index contributed by atoms with van der Waals surface area (Å²) in [6.07, 6.45) is 8.93. The van der Waals surface area contributed by atoms with Crippen molar-refractivity contribution in [3.63, 3.8) is 0 Å². The maximum atomic E-state index is 11.7. The van der Waals surface area contributed by atoms with Crippen LogP contribution >= 0.6 is 0 Å². The Morgan fingerprint density at radius 1 is 1.47 bits per heavy atom. The van der Waals surface area contributed by atoms with Crippen molar-refractivity contribution in [2.75, 3.05) is 0 Å². The van der Waals surface area contributed by atoms with Crippen molar-refractivity contribution in [1.82, 2.24) is 0 Å². The third kappa shape index (κ3) is 1.93. The minimum Gasteiger partial charge on any atom is -0.481 e. The van der Waals surface area contributed by atoms with Crippen LogP contribution in [0.25, 0.3) is 0 Å². The lowest BCUT2D eigenvalue weighted by atomic mass is 9.67. The molecule has 1 aliphatic carbocycles. The van der Waals surface area contributed by atoms with E-state index in [0.29, 0.717) is 19.3 Å². The van der Waals surface area contributed by atoms with Crippen molar-refractivity contribution < 1.29 is 9.90 Å². The standard InChI is InChI=1S/C15H16O2/c1-2-3-10-15(14(16)17)11-6-8-12-7-4-5-9-13(12)15/h1,4-5,7,9H,3,6,8,10-11H2,(H,16,17). The number of rotatable bonds is 3. The highest BCUT2D eigenvalue weighted by molar-refractivity contribution is 5.82. The Hall–Kier alpha value is -1.75. The van der Waals surface area contributed by atoms with E-state index >= 15 is 0 Å². The summed E-state index contributed by atoms with van der Waals surface area (Å²) in [6.45, 7) is 0. The molecule has 0 spiro atoms. The smallest absolute Gasteiger partial charge is 0.314 e. The lowest BCUT2D eigenvalue weighted by Crippen LogP contribution is -2.39. The zero-order valence-corrected chi connectivity index (χ0v) is 9.78. The lowest BCUT2D eigenvalue weighted by Gasteiger charge is -2.35. The number of hydrogen-bond acceptors (Lipinski definition) is 1. The fourth-order valence-electron chi connectivity index (χ4n) is 2.79.